The average molecular weight is 342 g/mol. The Labute approximate surface area is 147 Å². The minimum absolute atomic E-state index is 0.0915. The summed E-state index contributed by atoms with van der Waals surface area (Å²) in [6.45, 7) is 0.147. The van der Waals surface area contributed by atoms with Crippen LogP contribution in [0, 0.1) is 0 Å². The highest BCUT2D eigenvalue weighted by atomic mass is 16.5. The van der Waals surface area contributed by atoms with Crippen molar-refractivity contribution in [1.82, 2.24) is 4.90 Å². The Kier molecular flexibility index (Phi) is 6.39. The summed E-state index contributed by atoms with van der Waals surface area (Å²) in [7, 11) is 3.18. The fraction of sp³-hybridized carbons (Fsp3) is 0.263. The molecule has 2 amide bonds. The van der Waals surface area contributed by atoms with Gasteiger partial charge in [0.2, 0.25) is 0 Å². The number of benzene rings is 2. The van der Waals surface area contributed by atoms with Gasteiger partial charge in [0, 0.05) is 31.3 Å². The largest absolute Gasteiger partial charge is 0.496 e. The summed E-state index contributed by atoms with van der Waals surface area (Å²) in [5.74, 6) is -0.185. The average Bonchev–Trinajstić information content (AvgIpc) is 2.60. The third-order valence-corrected chi connectivity index (χ3v) is 3.78. The van der Waals surface area contributed by atoms with E-state index in [1.807, 2.05) is 42.5 Å². The molecule has 0 bridgehead atoms. The van der Waals surface area contributed by atoms with Crippen molar-refractivity contribution in [1.29, 1.82) is 0 Å². The summed E-state index contributed by atoms with van der Waals surface area (Å²) >= 11 is 0. The van der Waals surface area contributed by atoms with E-state index in [1.165, 1.54) is 4.90 Å². The molecule has 25 heavy (non-hydrogen) atoms. The molecule has 0 unspecified atom stereocenters. The van der Waals surface area contributed by atoms with E-state index in [9.17, 15) is 9.59 Å². The summed E-state index contributed by atoms with van der Waals surface area (Å²) in [6.07, 6.45) is 0.592. The molecule has 0 fully saturated rings. The second-order valence-corrected chi connectivity index (χ2v) is 5.68. The number of amides is 2. The smallest absolute Gasteiger partial charge is 0.321 e. The quantitative estimate of drug-likeness (QED) is 0.810. The number of carbonyl (C=O) groups is 2. The van der Waals surface area contributed by atoms with Gasteiger partial charge in [0.05, 0.1) is 13.5 Å². The highest BCUT2D eigenvalue weighted by Crippen LogP contribution is 2.25. The Morgan fingerprint density at radius 3 is 2.52 bits per heavy atom. The van der Waals surface area contributed by atoms with Crippen molar-refractivity contribution < 1.29 is 19.4 Å². The minimum Gasteiger partial charge on any atom is -0.496 e. The lowest BCUT2D eigenvalue weighted by atomic mass is 10.0. The predicted molar refractivity (Wildman–Crippen MR) is 96.1 cm³/mol. The second-order valence-electron chi connectivity index (χ2n) is 5.68. The van der Waals surface area contributed by atoms with Crippen LogP contribution in [0.1, 0.15) is 17.5 Å². The molecule has 0 atom stereocenters. The van der Waals surface area contributed by atoms with Crippen LogP contribution in [0.5, 0.6) is 5.75 Å². The Bertz CT molecular complexity index is 731. The normalized spacial score (nSPS) is 10.2. The predicted octanol–water partition coefficient (Wildman–Crippen LogP) is 3.22. The van der Waals surface area contributed by atoms with Gasteiger partial charge >= 0.3 is 12.0 Å². The number of hydrogen-bond donors (Lipinski definition) is 2. The molecule has 0 aliphatic carbocycles. The topological polar surface area (TPSA) is 78.9 Å². The SMILES string of the molecule is COc1ccc(NC(=O)N(C)CCC(=O)O)cc1Cc1ccccc1. The molecule has 0 aromatic heterocycles. The van der Waals surface area contributed by atoms with Crippen LogP contribution < -0.4 is 10.1 Å². The van der Waals surface area contributed by atoms with Crippen LogP contribution in [0.4, 0.5) is 10.5 Å². The van der Waals surface area contributed by atoms with E-state index in [4.69, 9.17) is 9.84 Å². The molecule has 0 saturated heterocycles. The van der Waals surface area contributed by atoms with E-state index in [2.05, 4.69) is 5.32 Å². The van der Waals surface area contributed by atoms with Gasteiger partial charge in [-0.1, -0.05) is 30.3 Å². The Hall–Kier alpha value is -3.02. The number of ether oxygens (including phenoxy) is 1. The Balaban J connectivity index is 2.10. The fourth-order valence-electron chi connectivity index (χ4n) is 2.39. The number of hydrogen-bond acceptors (Lipinski definition) is 3. The van der Waals surface area contributed by atoms with E-state index in [1.54, 1.807) is 20.2 Å². The van der Waals surface area contributed by atoms with Crippen molar-refractivity contribution in [3.05, 3.63) is 59.7 Å². The zero-order valence-corrected chi connectivity index (χ0v) is 14.4. The number of carbonyl (C=O) groups excluding carboxylic acids is 1. The minimum atomic E-state index is -0.936. The van der Waals surface area contributed by atoms with Gasteiger partial charge < -0.3 is 20.1 Å². The van der Waals surface area contributed by atoms with E-state index < -0.39 is 5.97 Å². The molecule has 0 radical (unpaired) electrons. The van der Waals surface area contributed by atoms with Gasteiger partial charge in [0.25, 0.3) is 0 Å². The van der Waals surface area contributed by atoms with Crippen LogP contribution in [-0.4, -0.2) is 42.7 Å². The van der Waals surface area contributed by atoms with Crippen molar-refractivity contribution in [3.8, 4) is 5.75 Å². The molecule has 2 rings (SSSR count). The second kappa shape index (κ2) is 8.73. The van der Waals surface area contributed by atoms with Crippen LogP contribution >= 0.6 is 0 Å². The maximum absolute atomic E-state index is 12.1. The standard InChI is InChI=1S/C19H22N2O4/c1-21(11-10-18(22)23)19(24)20-16-8-9-17(25-2)15(13-16)12-14-6-4-3-5-7-14/h3-9,13H,10-12H2,1-2H3,(H,20,24)(H,22,23). The number of nitrogens with one attached hydrogen (secondary N) is 1. The third-order valence-electron chi connectivity index (χ3n) is 3.78. The van der Waals surface area contributed by atoms with Crippen LogP contribution in [0.15, 0.2) is 48.5 Å². The Morgan fingerprint density at radius 1 is 1.16 bits per heavy atom. The fourth-order valence-corrected chi connectivity index (χ4v) is 2.39. The molecule has 0 saturated carbocycles. The van der Waals surface area contributed by atoms with Gasteiger partial charge in [-0.05, 0) is 23.8 Å². The van der Waals surface area contributed by atoms with Crippen molar-refractivity contribution >= 4 is 17.7 Å². The number of rotatable bonds is 7. The molecule has 2 aromatic rings. The van der Waals surface area contributed by atoms with Crippen molar-refractivity contribution in [2.24, 2.45) is 0 Å². The number of aliphatic carboxylic acids is 1. The van der Waals surface area contributed by atoms with Gasteiger partial charge in [0.15, 0.2) is 0 Å². The molecule has 6 nitrogen and oxygen atoms in total. The van der Waals surface area contributed by atoms with E-state index in [0.717, 1.165) is 16.9 Å². The Morgan fingerprint density at radius 2 is 1.88 bits per heavy atom. The van der Waals surface area contributed by atoms with Gasteiger partial charge in [-0.3, -0.25) is 4.79 Å². The number of carboxylic acids is 1. The molecule has 0 aliphatic heterocycles. The van der Waals surface area contributed by atoms with Crippen LogP contribution in [0.25, 0.3) is 0 Å². The summed E-state index contributed by atoms with van der Waals surface area (Å²) in [5.41, 5.74) is 2.74. The first-order valence-electron chi connectivity index (χ1n) is 7.94. The first-order chi connectivity index (χ1) is 12.0. The number of methoxy groups -OCH3 is 1. The molecule has 0 spiro atoms. The summed E-state index contributed by atoms with van der Waals surface area (Å²) < 4.78 is 5.40. The lowest BCUT2D eigenvalue weighted by molar-refractivity contribution is -0.137. The number of nitrogens with zero attached hydrogens (tertiary/aromatic N) is 1. The molecular weight excluding hydrogens is 320 g/mol. The van der Waals surface area contributed by atoms with Crippen LogP contribution in [0.2, 0.25) is 0 Å². The number of carboxylic acid groups (broad SMARTS) is 1. The summed E-state index contributed by atoms with van der Waals surface area (Å²) in [6, 6.07) is 15.1. The highest BCUT2D eigenvalue weighted by Gasteiger charge is 2.12. The zero-order chi connectivity index (χ0) is 18.2. The lowest BCUT2D eigenvalue weighted by Crippen LogP contribution is -2.33. The van der Waals surface area contributed by atoms with Gasteiger partial charge in [-0.2, -0.15) is 0 Å². The van der Waals surface area contributed by atoms with Gasteiger partial charge in [0.1, 0.15) is 5.75 Å². The molecular formula is C19H22N2O4. The number of anilines is 1. The third kappa shape index (κ3) is 5.53. The molecule has 2 aromatic carbocycles. The van der Waals surface area contributed by atoms with E-state index in [-0.39, 0.29) is 19.0 Å². The zero-order valence-electron chi connectivity index (χ0n) is 14.4. The monoisotopic (exact) mass is 342 g/mol. The molecule has 6 heteroatoms. The highest BCUT2D eigenvalue weighted by molar-refractivity contribution is 5.89. The van der Waals surface area contributed by atoms with Crippen molar-refractivity contribution in [3.63, 3.8) is 0 Å². The van der Waals surface area contributed by atoms with E-state index >= 15 is 0 Å². The summed E-state index contributed by atoms with van der Waals surface area (Å²) in [5, 5.41) is 11.5. The first-order valence-corrected chi connectivity index (χ1v) is 7.94. The van der Waals surface area contributed by atoms with Crippen molar-refractivity contribution in [2.45, 2.75) is 12.8 Å². The molecule has 0 heterocycles. The van der Waals surface area contributed by atoms with Crippen LogP contribution in [-0.2, 0) is 11.2 Å². The maximum atomic E-state index is 12.1. The molecule has 132 valence electrons. The van der Waals surface area contributed by atoms with E-state index in [0.29, 0.717) is 12.1 Å². The lowest BCUT2D eigenvalue weighted by Gasteiger charge is -2.18. The molecule has 2 N–H and O–H groups in total. The first kappa shape index (κ1) is 18.3. The van der Waals surface area contributed by atoms with Gasteiger partial charge in [-0.15, -0.1) is 0 Å². The van der Waals surface area contributed by atoms with Gasteiger partial charge in [-0.25, -0.2) is 4.79 Å². The molecule has 0 aliphatic rings. The summed E-state index contributed by atoms with van der Waals surface area (Å²) in [4.78, 5) is 24.1. The van der Waals surface area contributed by atoms with Crippen LogP contribution in [0.3, 0.4) is 0 Å². The van der Waals surface area contributed by atoms with Crippen molar-refractivity contribution in [2.75, 3.05) is 26.0 Å². The maximum Gasteiger partial charge on any atom is 0.321 e. The number of urea groups is 1.